The molecule has 2 rings (SSSR count). The van der Waals surface area contributed by atoms with Gasteiger partial charge in [0.2, 0.25) is 0 Å². The van der Waals surface area contributed by atoms with Gasteiger partial charge in [-0.2, -0.15) is 0 Å². The van der Waals surface area contributed by atoms with Crippen LogP contribution in [0, 0.1) is 0 Å². The lowest BCUT2D eigenvalue weighted by Gasteiger charge is -2.43. The molecule has 0 saturated carbocycles. The minimum absolute atomic E-state index is 0.618. The maximum Gasteiger partial charge on any atom is 0.314 e. The first kappa shape index (κ1) is 44.1. The third-order valence-corrected chi connectivity index (χ3v) is 30.6. The van der Waals surface area contributed by atoms with Crippen LogP contribution in [0.15, 0.2) is 72.8 Å². The van der Waals surface area contributed by atoms with Crippen molar-refractivity contribution in [1.29, 1.82) is 0 Å². The summed E-state index contributed by atoms with van der Waals surface area (Å²) in [6, 6.07) is 22.6. The zero-order chi connectivity index (χ0) is 36.7. The Morgan fingerprint density at radius 3 is 1.06 bits per heavy atom. The molecule has 0 aliphatic rings. The Bertz CT molecular complexity index is 1170. The lowest BCUT2D eigenvalue weighted by Crippen LogP contribution is -2.60. The maximum absolute atomic E-state index is 6.81. The van der Waals surface area contributed by atoms with Gasteiger partial charge in [-0.1, -0.05) is 85.0 Å². The summed E-state index contributed by atoms with van der Waals surface area (Å²) in [5.41, 5.74) is 2.38. The van der Waals surface area contributed by atoms with Crippen LogP contribution in [0.5, 0.6) is 0 Å². The van der Waals surface area contributed by atoms with Gasteiger partial charge in [-0.25, -0.2) is 0 Å². The van der Waals surface area contributed by atoms with Crippen LogP contribution in [0.25, 0.3) is 12.2 Å². The summed E-state index contributed by atoms with van der Waals surface area (Å²) >= 11 is 0. The van der Waals surface area contributed by atoms with Gasteiger partial charge in [0.1, 0.15) is 0 Å². The van der Waals surface area contributed by atoms with Gasteiger partial charge in [0.15, 0.2) is 16.6 Å². The molecule has 0 aromatic heterocycles. The Morgan fingerprint density at radius 2 is 0.735 bits per heavy atom. The van der Waals surface area contributed by atoms with Crippen molar-refractivity contribution >= 4 is 63.0 Å². The molecule has 7 nitrogen and oxygen atoms in total. The number of ether oxygens (including phenoxy) is 2. The lowest BCUT2D eigenvalue weighted by molar-refractivity contribution is 0.162. The van der Waals surface area contributed by atoms with Crippen LogP contribution in [0.1, 0.15) is 24.0 Å². The van der Waals surface area contributed by atoms with Crippen LogP contribution < -0.4 is 0 Å². The minimum atomic E-state index is -2.55. The highest BCUT2D eigenvalue weighted by molar-refractivity contribution is 6.91. The first-order valence-corrected chi connectivity index (χ1v) is 35.3. The van der Waals surface area contributed by atoms with E-state index in [2.05, 4.69) is 127 Å². The van der Waals surface area contributed by atoms with Gasteiger partial charge in [0, 0.05) is 13.2 Å². The average molecular weight is 779 g/mol. The van der Waals surface area contributed by atoms with E-state index in [1.807, 2.05) is 36.4 Å². The van der Waals surface area contributed by atoms with Crippen molar-refractivity contribution in [3.63, 3.8) is 0 Å². The zero-order valence-corrected chi connectivity index (χ0v) is 38.6. The molecule has 0 N–H and O–H groups in total. The number of benzene rings is 2. The van der Waals surface area contributed by atoms with Crippen LogP contribution >= 0.6 is 0 Å². The highest BCUT2D eigenvalue weighted by Crippen LogP contribution is 2.29. The van der Waals surface area contributed by atoms with Gasteiger partial charge >= 0.3 is 34.2 Å². The Hall–Kier alpha value is -1.06. The normalized spacial score (nSPS) is 14.0. The molecule has 0 saturated heterocycles. The van der Waals surface area contributed by atoms with Crippen molar-refractivity contribution in [2.24, 2.45) is 0 Å². The molecule has 13 heteroatoms. The second kappa shape index (κ2) is 20.3. The Morgan fingerprint density at radius 1 is 0.429 bits per heavy atom. The molecule has 2 aromatic carbocycles. The third-order valence-electron chi connectivity index (χ3n) is 7.30. The van der Waals surface area contributed by atoms with E-state index in [1.54, 1.807) is 0 Å². The molecule has 0 amide bonds. The van der Waals surface area contributed by atoms with Crippen LogP contribution in [-0.4, -0.2) is 77.3 Å². The van der Waals surface area contributed by atoms with E-state index in [4.69, 9.17) is 30.0 Å². The van der Waals surface area contributed by atoms with Gasteiger partial charge in [0.05, 0.1) is 13.2 Å². The van der Waals surface area contributed by atoms with Crippen molar-refractivity contribution < 1.29 is 30.0 Å². The fourth-order valence-electron chi connectivity index (χ4n) is 6.29. The van der Waals surface area contributed by atoms with Crippen molar-refractivity contribution in [2.45, 2.75) is 103 Å². The van der Waals surface area contributed by atoms with Gasteiger partial charge in [-0.3, -0.25) is 0 Å². The van der Waals surface area contributed by atoms with Gasteiger partial charge in [-0.05, 0) is 115 Å². The highest BCUT2D eigenvalue weighted by Gasteiger charge is 2.47. The monoisotopic (exact) mass is 778 g/mol. The van der Waals surface area contributed by atoms with Crippen molar-refractivity contribution in [2.75, 3.05) is 26.4 Å². The van der Waals surface area contributed by atoms with Crippen molar-refractivity contribution in [3.8, 4) is 0 Å². The summed E-state index contributed by atoms with van der Waals surface area (Å²) in [4.78, 5) is 0. The molecule has 0 atom stereocenters. The molecule has 0 aliphatic carbocycles. The second-order valence-corrected chi connectivity index (χ2v) is 38.9. The Balaban J connectivity index is 1.74. The molecule has 0 radical (unpaired) electrons. The molecule has 0 aliphatic heterocycles. The van der Waals surface area contributed by atoms with Crippen LogP contribution in [0.3, 0.4) is 0 Å². The quantitative estimate of drug-likeness (QED) is 0.0777. The van der Waals surface area contributed by atoms with Crippen molar-refractivity contribution in [1.82, 2.24) is 0 Å². The fraction of sp³-hybridized carbons (Fsp3) is 0.556. The average Bonchev–Trinajstić information content (AvgIpc) is 2.94. The van der Waals surface area contributed by atoms with E-state index in [9.17, 15) is 0 Å². The van der Waals surface area contributed by atoms with E-state index in [0.29, 0.717) is 13.2 Å². The predicted molar refractivity (Wildman–Crippen MR) is 222 cm³/mol. The number of hydrogen-bond donors (Lipinski definition) is 0. The van der Waals surface area contributed by atoms with Gasteiger partial charge in [0.25, 0.3) is 0 Å². The number of rotatable bonds is 24. The summed E-state index contributed by atoms with van der Waals surface area (Å²) in [6.07, 6.45) is 10.3. The van der Waals surface area contributed by atoms with Crippen LogP contribution in [0.4, 0.5) is 0 Å². The summed E-state index contributed by atoms with van der Waals surface area (Å²) in [5.74, 6) is 0. The summed E-state index contributed by atoms with van der Waals surface area (Å²) in [7, 11) is -13.9. The minimum Gasteiger partial charge on any atom is -0.436 e. The third kappa shape index (κ3) is 21.2. The highest BCUT2D eigenvalue weighted by atomic mass is 28.5. The van der Waals surface area contributed by atoms with E-state index in [1.165, 1.54) is 11.1 Å². The van der Waals surface area contributed by atoms with Crippen LogP contribution in [0.2, 0.25) is 90.7 Å². The Labute approximate surface area is 305 Å². The SMILES string of the molecule is C[Si](C)(CCCOC/C=C/c1ccccc1)O[Si](C)(C)O[Si](C)(C)O[Si](C)(C)O[Si](C)(C)O[Si](C)(C)CCCOC/C=C/c1ccccc1. The van der Waals surface area contributed by atoms with E-state index < -0.39 is 50.9 Å². The molecule has 49 heavy (non-hydrogen) atoms. The van der Waals surface area contributed by atoms with E-state index >= 15 is 0 Å². The topological polar surface area (TPSA) is 64.6 Å². The molecular formula is C36H66O7Si6. The predicted octanol–water partition coefficient (Wildman–Crippen LogP) is 10.5. The van der Waals surface area contributed by atoms with Crippen molar-refractivity contribution in [3.05, 3.63) is 83.9 Å². The summed E-state index contributed by atoms with van der Waals surface area (Å²) in [5, 5.41) is 0. The maximum atomic E-state index is 6.81. The number of hydrogen-bond acceptors (Lipinski definition) is 7. The smallest absolute Gasteiger partial charge is 0.314 e. The lowest BCUT2D eigenvalue weighted by atomic mass is 10.2. The molecule has 0 unspecified atom stereocenters. The Kier molecular flexibility index (Phi) is 18.2. The molecular weight excluding hydrogens is 713 g/mol. The molecule has 0 spiro atoms. The van der Waals surface area contributed by atoms with E-state index in [-0.39, 0.29) is 0 Å². The summed E-state index contributed by atoms with van der Waals surface area (Å²) < 4.78 is 45.7. The van der Waals surface area contributed by atoms with Crippen LogP contribution in [-0.2, 0) is 30.0 Å². The van der Waals surface area contributed by atoms with Gasteiger partial charge < -0.3 is 30.0 Å². The molecule has 0 heterocycles. The van der Waals surface area contributed by atoms with Gasteiger partial charge in [-0.15, -0.1) is 0 Å². The summed E-state index contributed by atoms with van der Waals surface area (Å²) in [6.45, 7) is 28.9. The second-order valence-electron chi connectivity index (χ2n) is 15.6. The molecule has 276 valence electrons. The molecule has 0 fully saturated rings. The zero-order valence-electron chi connectivity index (χ0n) is 32.6. The van der Waals surface area contributed by atoms with E-state index in [0.717, 1.165) is 38.1 Å². The molecule has 0 bridgehead atoms. The first-order valence-electron chi connectivity index (χ1n) is 17.8. The largest absolute Gasteiger partial charge is 0.436 e. The standard InChI is InChI=1S/C36H66O7Si6/c1-44(2,33-21-31-37-29-19-27-35-23-15-13-16-24-35)39-46(5,6)41-48(9,10)43-49(11,12)42-47(7,8)40-45(3,4)34-22-32-38-30-20-28-36-25-17-14-18-26-36/h13-20,23-28H,21-22,29-34H2,1-12H3/b27-19+,28-20+. The first-order chi connectivity index (χ1) is 22.7. The molecule has 2 aromatic rings. The fourth-order valence-corrected chi connectivity index (χ4v) is 36.1.